The first-order chi connectivity index (χ1) is 12.7. The first-order valence-electron chi connectivity index (χ1n) is 8.63. The maximum absolute atomic E-state index is 12.6. The molecule has 2 amide bonds. The summed E-state index contributed by atoms with van der Waals surface area (Å²) in [5.74, 6) is -1.86. The summed E-state index contributed by atoms with van der Waals surface area (Å²) in [7, 11) is -3.48. The second-order valence-electron chi connectivity index (χ2n) is 7.21. The van der Waals surface area contributed by atoms with E-state index in [1.54, 1.807) is 24.4 Å². The monoisotopic (exact) mass is 389 g/mol. The molecule has 0 saturated carbocycles. The van der Waals surface area contributed by atoms with Gasteiger partial charge in [-0.3, -0.25) is 14.4 Å². The Morgan fingerprint density at radius 2 is 1.89 bits per heavy atom. The van der Waals surface area contributed by atoms with Crippen molar-refractivity contribution in [3.05, 3.63) is 46.9 Å². The van der Waals surface area contributed by atoms with E-state index in [4.69, 9.17) is 5.73 Å². The number of benzene rings is 1. The summed E-state index contributed by atoms with van der Waals surface area (Å²) in [5.41, 5.74) is 5.09. The van der Waals surface area contributed by atoms with Crippen LogP contribution >= 0.6 is 0 Å². The van der Waals surface area contributed by atoms with Crippen LogP contribution in [0.2, 0.25) is 0 Å². The molecule has 4 rings (SSSR count). The van der Waals surface area contributed by atoms with E-state index in [1.165, 1.54) is 9.47 Å². The maximum atomic E-state index is 12.6. The van der Waals surface area contributed by atoms with Gasteiger partial charge in [-0.25, -0.2) is 8.42 Å². The van der Waals surface area contributed by atoms with Gasteiger partial charge in [0, 0.05) is 24.7 Å². The summed E-state index contributed by atoms with van der Waals surface area (Å²) in [6, 6.07) is 8.85. The fourth-order valence-corrected chi connectivity index (χ4v) is 6.48. The third-order valence-corrected chi connectivity index (χ3v) is 8.29. The number of sulfone groups is 1. The van der Waals surface area contributed by atoms with Gasteiger partial charge in [0.15, 0.2) is 9.84 Å². The van der Waals surface area contributed by atoms with Crippen LogP contribution in [0.15, 0.2) is 41.3 Å². The minimum absolute atomic E-state index is 0.0515. The van der Waals surface area contributed by atoms with Crippen LogP contribution in [0, 0.1) is 5.92 Å². The lowest BCUT2D eigenvalue weighted by Crippen LogP contribution is -2.70. The second kappa shape index (κ2) is 5.91. The molecule has 1 aromatic heterocycles. The predicted octanol–water partition coefficient (Wildman–Crippen LogP) is -0.497. The topological polar surface area (TPSA) is 120 Å². The van der Waals surface area contributed by atoms with Crippen molar-refractivity contribution < 1.29 is 18.0 Å². The number of carbonyl (C=O) groups excluding carboxylic acids is 2. The van der Waals surface area contributed by atoms with Crippen LogP contribution in [-0.4, -0.2) is 53.3 Å². The fourth-order valence-electron chi connectivity index (χ4n) is 4.15. The van der Waals surface area contributed by atoms with E-state index in [2.05, 4.69) is 0 Å². The van der Waals surface area contributed by atoms with Crippen molar-refractivity contribution in [2.75, 3.05) is 18.8 Å². The van der Waals surface area contributed by atoms with Gasteiger partial charge in [0.05, 0.1) is 11.7 Å². The number of rotatable bonds is 3. The molecule has 2 aliphatic heterocycles. The minimum Gasteiger partial charge on any atom is -0.369 e. The van der Waals surface area contributed by atoms with E-state index >= 15 is 0 Å². The molecule has 2 aliphatic rings. The van der Waals surface area contributed by atoms with Crippen molar-refractivity contribution in [1.82, 2.24) is 9.47 Å². The van der Waals surface area contributed by atoms with Crippen molar-refractivity contribution >= 4 is 32.4 Å². The van der Waals surface area contributed by atoms with E-state index in [1.807, 2.05) is 12.1 Å². The van der Waals surface area contributed by atoms with E-state index < -0.39 is 26.4 Å². The fraction of sp³-hybridized carbons (Fsp3) is 0.389. The first kappa shape index (κ1) is 17.7. The van der Waals surface area contributed by atoms with Gasteiger partial charge in [-0.2, -0.15) is 0 Å². The number of carbonyl (C=O) groups is 2. The number of nitrogens with zero attached hydrogens (tertiary/aromatic N) is 2. The van der Waals surface area contributed by atoms with Crippen LogP contribution in [0.1, 0.15) is 6.42 Å². The van der Waals surface area contributed by atoms with E-state index in [0.29, 0.717) is 5.39 Å². The molecule has 27 heavy (non-hydrogen) atoms. The normalized spacial score (nSPS) is 22.7. The van der Waals surface area contributed by atoms with E-state index in [-0.39, 0.29) is 43.3 Å². The van der Waals surface area contributed by atoms with Crippen LogP contribution in [0.4, 0.5) is 0 Å². The average molecular weight is 389 g/mol. The number of hydrogen-bond acceptors (Lipinski definition) is 5. The molecule has 1 unspecified atom stereocenters. The molecule has 1 atom stereocenters. The highest BCUT2D eigenvalue weighted by atomic mass is 32.2. The Morgan fingerprint density at radius 1 is 1.19 bits per heavy atom. The molecule has 9 heteroatoms. The van der Waals surface area contributed by atoms with E-state index in [9.17, 15) is 22.8 Å². The standard InChI is InChI=1S/C18H19N3O5S/c19-16(23)14-6-8-27(25,26)18(14)10-21(11-18)15(22)9-20-7-5-12-3-1-2-4-13(12)17(20)24/h1-5,7,14H,6,8-11H2,(H2,19,23). The average Bonchev–Trinajstić information content (AvgIpc) is 2.87. The lowest BCUT2D eigenvalue weighted by molar-refractivity contribution is -0.140. The summed E-state index contributed by atoms with van der Waals surface area (Å²) < 4.78 is 24.9. The summed E-state index contributed by atoms with van der Waals surface area (Å²) in [4.78, 5) is 38.1. The number of aromatic nitrogens is 1. The highest BCUT2D eigenvalue weighted by molar-refractivity contribution is 7.93. The number of primary amides is 1. The summed E-state index contributed by atoms with van der Waals surface area (Å²) in [6.45, 7) is -0.282. The Morgan fingerprint density at radius 3 is 2.59 bits per heavy atom. The predicted molar refractivity (Wildman–Crippen MR) is 98.6 cm³/mol. The third-order valence-electron chi connectivity index (χ3n) is 5.73. The molecule has 142 valence electrons. The van der Waals surface area contributed by atoms with Gasteiger partial charge in [-0.1, -0.05) is 18.2 Å². The Labute approximate surface area is 155 Å². The molecule has 3 heterocycles. The van der Waals surface area contributed by atoms with Gasteiger partial charge in [0.1, 0.15) is 11.3 Å². The molecule has 0 radical (unpaired) electrons. The number of amides is 2. The Kier molecular flexibility index (Phi) is 3.88. The summed E-state index contributed by atoms with van der Waals surface area (Å²) in [6.07, 6.45) is 1.75. The Bertz CT molecular complexity index is 1120. The maximum Gasteiger partial charge on any atom is 0.258 e. The zero-order valence-corrected chi connectivity index (χ0v) is 15.3. The smallest absolute Gasteiger partial charge is 0.258 e. The third kappa shape index (κ3) is 2.56. The molecule has 2 fully saturated rings. The van der Waals surface area contributed by atoms with Crippen LogP contribution < -0.4 is 11.3 Å². The number of likely N-dealkylation sites (tertiary alicyclic amines) is 1. The highest BCUT2D eigenvalue weighted by Crippen LogP contribution is 2.44. The van der Waals surface area contributed by atoms with Crippen molar-refractivity contribution in [2.45, 2.75) is 17.7 Å². The van der Waals surface area contributed by atoms with Crippen molar-refractivity contribution in [1.29, 1.82) is 0 Å². The van der Waals surface area contributed by atoms with Gasteiger partial charge in [-0.05, 0) is 23.9 Å². The van der Waals surface area contributed by atoms with Crippen LogP contribution in [0.5, 0.6) is 0 Å². The second-order valence-corrected chi connectivity index (χ2v) is 9.66. The zero-order chi connectivity index (χ0) is 19.4. The number of fused-ring (bicyclic) bond motifs is 1. The molecule has 1 aromatic carbocycles. The number of hydrogen-bond donors (Lipinski definition) is 1. The molecule has 0 bridgehead atoms. The molecule has 8 nitrogen and oxygen atoms in total. The highest BCUT2D eigenvalue weighted by Gasteiger charge is 2.64. The summed E-state index contributed by atoms with van der Waals surface area (Å²) in [5, 5.41) is 1.30. The quantitative estimate of drug-likeness (QED) is 0.759. The minimum atomic E-state index is -3.48. The van der Waals surface area contributed by atoms with Gasteiger partial charge >= 0.3 is 0 Å². The van der Waals surface area contributed by atoms with Gasteiger partial charge in [-0.15, -0.1) is 0 Å². The molecule has 0 aliphatic carbocycles. The number of pyridine rings is 1. The lowest BCUT2D eigenvalue weighted by Gasteiger charge is -2.49. The first-order valence-corrected chi connectivity index (χ1v) is 10.3. The SMILES string of the molecule is NC(=O)C1CCS(=O)(=O)C12CN(C(=O)Cn1ccc3ccccc3c1=O)C2. The lowest BCUT2D eigenvalue weighted by atomic mass is 9.82. The van der Waals surface area contributed by atoms with E-state index in [0.717, 1.165) is 5.39 Å². The molecule has 2 N–H and O–H groups in total. The van der Waals surface area contributed by atoms with Gasteiger partial charge in [0.2, 0.25) is 11.8 Å². The molecule has 2 aromatic rings. The van der Waals surface area contributed by atoms with Gasteiger partial charge < -0.3 is 15.2 Å². The zero-order valence-electron chi connectivity index (χ0n) is 14.5. The van der Waals surface area contributed by atoms with Crippen LogP contribution in [0.3, 0.4) is 0 Å². The Balaban J connectivity index is 1.54. The molecular weight excluding hydrogens is 370 g/mol. The molecular formula is C18H19N3O5S. The van der Waals surface area contributed by atoms with Crippen LogP contribution in [-0.2, 0) is 26.0 Å². The largest absolute Gasteiger partial charge is 0.369 e. The molecule has 2 saturated heterocycles. The molecule has 1 spiro atoms. The number of nitrogens with two attached hydrogens (primary N) is 1. The summed E-state index contributed by atoms with van der Waals surface area (Å²) >= 11 is 0. The van der Waals surface area contributed by atoms with Crippen LogP contribution in [0.25, 0.3) is 10.8 Å². The van der Waals surface area contributed by atoms with Crippen molar-refractivity contribution in [2.24, 2.45) is 11.7 Å². The van der Waals surface area contributed by atoms with Gasteiger partial charge in [0.25, 0.3) is 5.56 Å². The van der Waals surface area contributed by atoms with Crippen molar-refractivity contribution in [3.8, 4) is 0 Å². The van der Waals surface area contributed by atoms with Crippen molar-refractivity contribution in [3.63, 3.8) is 0 Å². The Hall–Kier alpha value is -2.68.